The lowest BCUT2D eigenvalue weighted by Crippen LogP contribution is -2.66. The van der Waals surface area contributed by atoms with Gasteiger partial charge in [0.2, 0.25) is 0 Å². The van der Waals surface area contributed by atoms with Crippen LogP contribution in [0.2, 0.25) is 11.1 Å². The topological polar surface area (TPSA) is 101 Å². The molecule has 0 saturated carbocycles. The SMILES string of the molecule is CC(C)(C)[Si](C[C@@H](O)[C@@H](O)[C@H](O)[C@H](O)CO)(c1ccccc1)c1ccccc1. The van der Waals surface area contributed by atoms with Crippen LogP contribution < -0.4 is 10.4 Å². The number of benzene rings is 2. The van der Waals surface area contributed by atoms with Crippen molar-refractivity contribution in [1.82, 2.24) is 0 Å². The first-order valence-electron chi connectivity index (χ1n) is 9.59. The van der Waals surface area contributed by atoms with Gasteiger partial charge >= 0.3 is 0 Å². The second-order valence-electron chi connectivity index (χ2n) is 8.39. The zero-order valence-corrected chi connectivity index (χ0v) is 17.7. The highest BCUT2D eigenvalue weighted by molar-refractivity contribution is 7.04. The smallest absolute Gasteiger partial charge is 0.125 e. The molecule has 0 heterocycles. The molecule has 5 N–H and O–H groups in total. The van der Waals surface area contributed by atoms with Gasteiger partial charge in [-0.3, -0.25) is 0 Å². The summed E-state index contributed by atoms with van der Waals surface area (Å²) in [5.41, 5.74) is 0. The van der Waals surface area contributed by atoms with Crippen molar-refractivity contribution in [1.29, 1.82) is 0 Å². The summed E-state index contributed by atoms with van der Waals surface area (Å²) in [6.07, 6.45) is -5.96. The van der Waals surface area contributed by atoms with E-state index in [1.807, 2.05) is 36.4 Å². The standard InChI is InChI=1S/C22H32O5Si/c1-22(2,3)28(16-10-6-4-7-11-16,17-12-8-5-9-13-17)15-19(25)21(27)20(26)18(24)14-23/h4-13,18-21,23-27H,14-15H2,1-3H3/t18-,19-,20-,21-/m1/s1. The Balaban J connectivity index is 2.56. The highest BCUT2D eigenvalue weighted by Gasteiger charge is 2.50. The van der Waals surface area contributed by atoms with E-state index >= 15 is 0 Å². The summed E-state index contributed by atoms with van der Waals surface area (Å²) in [7, 11) is -2.63. The molecule has 0 aromatic heterocycles. The van der Waals surface area contributed by atoms with Gasteiger partial charge in [-0.2, -0.15) is 0 Å². The number of hydrogen-bond acceptors (Lipinski definition) is 5. The molecule has 0 aliphatic carbocycles. The maximum Gasteiger partial charge on any atom is 0.125 e. The Morgan fingerprint density at radius 2 is 1.11 bits per heavy atom. The van der Waals surface area contributed by atoms with Crippen molar-refractivity contribution in [3.63, 3.8) is 0 Å². The lowest BCUT2D eigenvalue weighted by atomic mass is 10.0. The summed E-state index contributed by atoms with van der Waals surface area (Å²) < 4.78 is 0. The van der Waals surface area contributed by atoms with E-state index in [1.165, 1.54) is 0 Å². The highest BCUT2D eigenvalue weighted by Crippen LogP contribution is 2.39. The molecular weight excluding hydrogens is 372 g/mol. The Morgan fingerprint density at radius 1 is 0.714 bits per heavy atom. The zero-order chi connectivity index (χ0) is 20.9. The van der Waals surface area contributed by atoms with Gasteiger partial charge in [0.15, 0.2) is 0 Å². The molecule has 0 fully saturated rings. The molecule has 0 aliphatic rings. The monoisotopic (exact) mass is 404 g/mol. The van der Waals surface area contributed by atoms with Crippen LogP contribution >= 0.6 is 0 Å². The molecular formula is C22H32O5Si. The van der Waals surface area contributed by atoms with Crippen molar-refractivity contribution < 1.29 is 25.5 Å². The summed E-state index contributed by atoms with van der Waals surface area (Å²) >= 11 is 0. The Hall–Kier alpha value is -1.54. The van der Waals surface area contributed by atoms with Gasteiger partial charge in [-0.15, -0.1) is 0 Å². The van der Waals surface area contributed by atoms with Crippen molar-refractivity contribution >= 4 is 18.4 Å². The maximum atomic E-state index is 10.9. The van der Waals surface area contributed by atoms with Crippen LogP contribution in [0.3, 0.4) is 0 Å². The molecule has 154 valence electrons. The normalized spacial score (nSPS) is 17.0. The molecule has 2 aromatic carbocycles. The molecule has 0 spiro atoms. The minimum absolute atomic E-state index is 0.211. The molecule has 6 heteroatoms. The molecule has 0 amide bonds. The molecule has 0 unspecified atom stereocenters. The molecule has 28 heavy (non-hydrogen) atoms. The predicted octanol–water partition coefficient (Wildman–Crippen LogP) is 0.486. The molecule has 0 aliphatic heterocycles. The van der Waals surface area contributed by atoms with Crippen LogP contribution in [0, 0.1) is 0 Å². The van der Waals surface area contributed by atoms with Crippen molar-refractivity contribution in [3.05, 3.63) is 60.7 Å². The fourth-order valence-electron chi connectivity index (χ4n) is 4.02. The van der Waals surface area contributed by atoms with Gasteiger partial charge in [0.1, 0.15) is 26.4 Å². The summed E-state index contributed by atoms with van der Waals surface area (Å²) in [6, 6.07) is 20.3. The first kappa shape index (κ1) is 22.7. The van der Waals surface area contributed by atoms with Gasteiger partial charge in [-0.1, -0.05) is 91.8 Å². The summed E-state index contributed by atoms with van der Waals surface area (Å²) in [4.78, 5) is 0. The lowest BCUT2D eigenvalue weighted by molar-refractivity contribution is -0.110. The van der Waals surface area contributed by atoms with Gasteiger partial charge in [0.25, 0.3) is 0 Å². The van der Waals surface area contributed by atoms with E-state index in [-0.39, 0.29) is 11.1 Å². The quantitative estimate of drug-likeness (QED) is 0.412. The van der Waals surface area contributed by atoms with E-state index < -0.39 is 39.1 Å². The predicted molar refractivity (Wildman–Crippen MR) is 114 cm³/mol. The zero-order valence-electron chi connectivity index (χ0n) is 16.7. The second kappa shape index (κ2) is 9.30. The third kappa shape index (κ3) is 4.54. The van der Waals surface area contributed by atoms with Crippen molar-refractivity contribution in [3.8, 4) is 0 Å². The van der Waals surface area contributed by atoms with E-state index in [9.17, 15) is 20.4 Å². The van der Waals surface area contributed by atoms with E-state index in [0.717, 1.165) is 10.4 Å². The Morgan fingerprint density at radius 3 is 1.46 bits per heavy atom. The second-order valence-corrected chi connectivity index (χ2v) is 13.3. The molecule has 4 atom stereocenters. The van der Waals surface area contributed by atoms with Crippen LogP contribution in [-0.4, -0.2) is 64.6 Å². The van der Waals surface area contributed by atoms with Gasteiger partial charge < -0.3 is 25.5 Å². The van der Waals surface area contributed by atoms with Crippen molar-refractivity contribution in [2.45, 2.75) is 56.3 Å². The molecule has 5 nitrogen and oxygen atoms in total. The summed E-state index contributed by atoms with van der Waals surface area (Å²) in [5.74, 6) is 0. The Bertz CT molecular complexity index is 677. The average molecular weight is 405 g/mol. The molecule has 2 aromatic rings. The first-order chi connectivity index (χ1) is 13.1. The fraction of sp³-hybridized carbons (Fsp3) is 0.455. The Labute approximate surface area is 167 Å². The largest absolute Gasteiger partial charge is 0.394 e. The number of rotatable bonds is 8. The van der Waals surface area contributed by atoms with Crippen LogP contribution in [0.5, 0.6) is 0 Å². The minimum atomic E-state index is -2.63. The van der Waals surface area contributed by atoms with E-state index in [0.29, 0.717) is 0 Å². The van der Waals surface area contributed by atoms with E-state index in [1.54, 1.807) is 0 Å². The van der Waals surface area contributed by atoms with Crippen molar-refractivity contribution in [2.24, 2.45) is 0 Å². The number of aliphatic hydroxyl groups excluding tert-OH is 5. The number of hydrogen-bond donors (Lipinski definition) is 5. The van der Waals surface area contributed by atoms with Crippen molar-refractivity contribution in [2.75, 3.05) is 6.61 Å². The molecule has 0 saturated heterocycles. The summed E-state index contributed by atoms with van der Waals surface area (Å²) in [5, 5.41) is 52.2. The third-order valence-corrected chi connectivity index (χ3v) is 11.9. The number of aliphatic hydroxyl groups is 5. The van der Waals surface area contributed by atoms with Gasteiger partial charge in [0.05, 0.1) is 12.7 Å². The van der Waals surface area contributed by atoms with Crippen LogP contribution in [-0.2, 0) is 0 Å². The Kier molecular flexibility index (Phi) is 7.56. The van der Waals surface area contributed by atoms with Crippen LogP contribution in [0.25, 0.3) is 0 Å². The lowest BCUT2D eigenvalue weighted by Gasteiger charge is -2.46. The first-order valence-corrected chi connectivity index (χ1v) is 11.8. The maximum absolute atomic E-state index is 10.9. The van der Waals surface area contributed by atoms with Gasteiger partial charge in [0, 0.05) is 0 Å². The summed E-state index contributed by atoms with van der Waals surface area (Å²) in [6.45, 7) is 5.72. The van der Waals surface area contributed by atoms with Crippen LogP contribution in [0.4, 0.5) is 0 Å². The average Bonchev–Trinajstić information content (AvgIpc) is 2.70. The molecule has 0 radical (unpaired) electrons. The van der Waals surface area contributed by atoms with Gasteiger partial charge in [-0.25, -0.2) is 0 Å². The third-order valence-electron chi connectivity index (χ3n) is 5.65. The van der Waals surface area contributed by atoms with Crippen LogP contribution in [0.15, 0.2) is 60.7 Å². The van der Waals surface area contributed by atoms with Gasteiger partial charge in [-0.05, 0) is 11.1 Å². The van der Waals surface area contributed by atoms with E-state index in [2.05, 4.69) is 45.0 Å². The van der Waals surface area contributed by atoms with Crippen LogP contribution in [0.1, 0.15) is 20.8 Å². The van der Waals surface area contributed by atoms with E-state index in [4.69, 9.17) is 5.11 Å². The molecule has 2 rings (SSSR count). The fourth-order valence-corrected chi connectivity index (χ4v) is 9.56. The minimum Gasteiger partial charge on any atom is -0.394 e. The molecule has 0 bridgehead atoms. The highest BCUT2D eigenvalue weighted by atomic mass is 28.3.